The maximum Gasteiger partial charge on any atom is 0.151 e. The SMILES string of the molecule is O=S1(=O)CCCN(CCNCC2CCCCC2)CC1. The van der Waals surface area contributed by atoms with Gasteiger partial charge in [0.1, 0.15) is 0 Å². The van der Waals surface area contributed by atoms with Crippen LogP contribution in [-0.4, -0.2) is 57.5 Å². The van der Waals surface area contributed by atoms with Crippen LogP contribution in [0.2, 0.25) is 0 Å². The summed E-state index contributed by atoms with van der Waals surface area (Å²) in [5.41, 5.74) is 0. The van der Waals surface area contributed by atoms with Gasteiger partial charge in [-0.1, -0.05) is 19.3 Å². The van der Waals surface area contributed by atoms with Gasteiger partial charge in [0.15, 0.2) is 9.84 Å². The predicted octanol–water partition coefficient (Wildman–Crippen LogP) is 1.28. The fourth-order valence-electron chi connectivity index (χ4n) is 3.15. The second-order valence-electron chi connectivity index (χ2n) is 6.06. The van der Waals surface area contributed by atoms with E-state index in [9.17, 15) is 8.42 Å². The molecule has 0 spiro atoms. The standard InChI is InChI=1S/C14H28N2O2S/c17-19(18)11-4-8-16(10-12-19)9-7-15-13-14-5-2-1-3-6-14/h14-15H,1-13H2. The van der Waals surface area contributed by atoms with Crippen LogP contribution in [0.5, 0.6) is 0 Å². The first-order valence-corrected chi connectivity index (χ1v) is 9.61. The molecule has 2 fully saturated rings. The van der Waals surface area contributed by atoms with Crippen molar-refractivity contribution < 1.29 is 8.42 Å². The number of nitrogens with one attached hydrogen (secondary N) is 1. The summed E-state index contributed by atoms with van der Waals surface area (Å²) in [6, 6.07) is 0. The van der Waals surface area contributed by atoms with Crippen LogP contribution >= 0.6 is 0 Å². The lowest BCUT2D eigenvalue weighted by Crippen LogP contribution is -2.36. The van der Waals surface area contributed by atoms with E-state index in [1.807, 2.05) is 0 Å². The van der Waals surface area contributed by atoms with Crippen LogP contribution in [-0.2, 0) is 9.84 Å². The van der Waals surface area contributed by atoms with Gasteiger partial charge in [0.2, 0.25) is 0 Å². The number of rotatable bonds is 5. The summed E-state index contributed by atoms with van der Waals surface area (Å²) in [7, 11) is -2.76. The lowest BCUT2D eigenvalue weighted by molar-refractivity contribution is 0.283. The first kappa shape index (κ1) is 15.3. The van der Waals surface area contributed by atoms with Crippen LogP contribution in [0, 0.1) is 5.92 Å². The highest BCUT2D eigenvalue weighted by Gasteiger charge is 2.18. The van der Waals surface area contributed by atoms with Crippen LogP contribution in [0.3, 0.4) is 0 Å². The minimum absolute atomic E-state index is 0.343. The van der Waals surface area contributed by atoms with Gasteiger partial charge in [-0.25, -0.2) is 8.42 Å². The highest BCUT2D eigenvalue weighted by atomic mass is 32.2. The molecule has 2 rings (SSSR count). The Morgan fingerprint density at radius 1 is 1.00 bits per heavy atom. The van der Waals surface area contributed by atoms with E-state index in [-0.39, 0.29) is 0 Å². The summed E-state index contributed by atoms with van der Waals surface area (Å²) in [6.45, 7) is 4.78. The van der Waals surface area contributed by atoms with Crippen molar-refractivity contribution in [1.82, 2.24) is 10.2 Å². The molecule has 1 aliphatic carbocycles. The largest absolute Gasteiger partial charge is 0.315 e. The van der Waals surface area contributed by atoms with Gasteiger partial charge in [-0.05, 0) is 38.3 Å². The molecular weight excluding hydrogens is 260 g/mol. The van der Waals surface area contributed by atoms with Gasteiger partial charge < -0.3 is 10.2 Å². The molecule has 0 aromatic rings. The van der Waals surface area contributed by atoms with E-state index < -0.39 is 9.84 Å². The van der Waals surface area contributed by atoms with E-state index in [2.05, 4.69) is 10.2 Å². The molecule has 1 saturated carbocycles. The Balaban J connectivity index is 1.57. The van der Waals surface area contributed by atoms with Crippen LogP contribution in [0.25, 0.3) is 0 Å². The summed E-state index contributed by atoms with van der Waals surface area (Å²) in [5.74, 6) is 1.59. The highest BCUT2D eigenvalue weighted by Crippen LogP contribution is 2.22. The monoisotopic (exact) mass is 288 g/mol. The second-order valence-corrected chi connectivity index (χ2v) is 8.36. The van der Waals surface area contributed by atoms with E-state index in [1.54, 1.807) is 0 Å². The van der Waals surface area contributed by atoms with Crippen LogP contribution in [0.15, 0.2) is 0 Å². The molecule has 1 heterocycles. The zero-order chi connectivity index (χ0) is 13.6. The molecule has 0 aromatic heterocycles. The molecule has 5 heteroatoms. The Bertz CT molecular complexity index is 350. The molecule has 0 unspecified atom stereocenters. The van der Waals surface area contributed by atoms with Crippen LogP contribution < -0.4 is 5.32 Å². The molecule has 0 bridgehead atoms. The van der Waals surface area contributed by atoms with Crippen molar-refractivity contribution >= 4 is 9.84 Å². The van der Waals surface area contributed by atoms with Gasteiger partial charge in [-0.3, -0.25) is 0 Å². The molecule has 0 amide bonds. The summed E-state index contributed by atoms with van der Waals surface area (Å²) in [4.78, 5) is 2.29. The van der Waals surface area contributed by atoms with Gasteiger partial charge in [0.25, 0.3) is 0 Å². The number of hydrogen-bond acceptors (Lipinski definition) is 4. The van der Waals surface area contributed by atoms with Crippen molar-refractivity contribution in [3.63, 3.8) is 0 Å². The number of sulfone groups is 1. The molecule has 0 radical (unpaired) electrons. The zero-order valence-electron chi connectivity index (χ0n) is 11.9. The molecule has 1 N–H and O–H groups in total. The van der Waals surface area contributed by atoms with Crippen molar-refractivity contribution in [3.8, 4) is 0 Å². The molecule has 19 heavy (non-hydrogen) atoms. The average molecular weight is 288 g/mol. The minimum Gasteiger partial charge on any atom is -0.315 e. The van der Waals surface area contributed by atoms with Crippen molar-refractivity contribution in [1.29, 1.82) is 0 Å². The van der Waals surface area contributed by atoms with E-state index in [0.717, 1.165) is 38.5 Å². The Morgan fingerprint density at radius 3 is 2.58 bits per heavy atom. The minimum atomic E-state index is -2.76. The van der Waals surface area contributed by atoms with E-state index in [0.29, 0.717) is 18.1 Å². The maximum absolute atomic E-state index is 11.5. The van der Waals surface area contributed by atoms with E-state index >= 15 is 0 Å². The molecule has 4 nitrogen and oxygen atoms in total. The lowest BCUT2D eigenvalue weighted by atomic mass is 9.89. The second kappa shape index (κ2) is 7.60. The van der Waals surface area contributed by atoms with Crippen molar-refractivity contribution in [3.05, 3.63) is 0 Å². The molecular formula is C14H28N2O2S. The fraction of sp³-hybridized carbons (Fsp3) is 1.00. The summed E-state index contributed by atoms with van der Waals surface area (Å²) >= 11 is 0. The third-order valence-electron chi connectivity index (χ3n) is 4.41. The van der Waals surface area contributed by atoms with E-state index in [4.69, 9.17) is 0 Å². The van der Waals surface area contributed by atoms with Gasteiger partial charge in [-0.15, -0.1) is 0 Å². The lowest BCUT2D eigenvalue weighted by Gasteiger charge is -2.23. The zero-order valence-corrected chi connectivity index (χ0v) is 12.8. The van der Waals surface area contributed by atoms with Gasteiger partial charge in [-0.2, -0.15) is 0 Å². The van der Waals surface area contributed by atoms with Crippen LogP contribution in [0.1, 0.15) is 38.5 Å². The fourth-order valence-corrected chi connectivity index (χ4v) is 4.46. The normalized spacial score (nSPS) is 26.1. The van der Waals surface area contributed by atoms with Crippen molar-refractivity contribution in [2.75, 3.05) is 44.2 Å². The summed E-state index contributed by atoms with van der Waals surface area (Å²) < 4.78 is 23.0. The summed E-state index contributed by atoms with van der Waals surface area (Å²) in [5, 5.41) is 3.55. The molecule has 2 aliphatic rings. The maximum atomic E-state index is 11.5. The smallest absolute Gasteiger partial charge is 0.151 e. The summed E-state index contributed by atoms with van der Waals surface area (Å²) in [6.07, 6.45) is 7.78. The van der Waals surface area contributed by atoms with Gasteiger partial charge in [0, 0.05) is 19.6 Å². The van der Waals surface area contributed by atoms with E-state index in [1.165, 1.54) is 32.1 Å². The molecule has 1 saturated heterocycles. The third-order valence-corrected chi connectivity index (χ3v) is 6.13. The van der Waals surface area contributed by atoms with Crippen LogP contribution in [0.4, 0.5) is 0 Å². The molecule has 0 aromatic carbocycles. The van der Waals surface area contributed by atoms with Gasteiger partial charge >= 0.3 is 0 Å². The first-order chi connectivity index (χ1) is 9.16. The number of nitrogens with zero attached hydrogens (tertiary/aromatic N) is 1. The topological polar surface area (TPSA) is 49.4 Å². The molecule has 1 aliphatic heterocycles. The molecule has 0 atom stereocenters. The van der Waals surface area contributed by atoms with Crippen molar-refractivity contribution in [2.24, 2.45) is 5.92 Å². The Hall–Kier alpha value is -0.130. The average Bonchev–Trinajstić information content (AvgIpc) is 2.57. The highest BCUT2D eigenvalue weighted by molar-refractivity contribution is 7.91. The van der Waals surface area contributed by atoms with Gasteiger partial charge in [0.05, 0.1) is 11.5 Å². The predicted molar refractivity (Wildman–Crippen MR) is 79.2 cm³/mol. The Morgan fingerprint density at radius 2 is 1.79 bits per heavy atom. The third kappa shape index (κ3) is 5.79. The van der Waals surface area contributed by atoms with Crippen molar-refractivity contribution in [2.45, 2.75) is 38.5 Å². The number of hydrogen-bond donors (Lipinski definition) is 1. The first-order valence-electron chi connectivity index (χ1n) is 7.79. The molecule has 112 valence electrons. The Kier molecular flexibility index (Phi) is 6.10. The quantitative estimate of drug-likeness (QED) is 0.774. The Labute approximate surface area is 117 Å².